The molecule has 4 heteroatoms. The van der Waals surface area contributed by atoms with Crippen LogP contribution in [0.5, 0.6) is 0 Å². The molecule has 0 heterocycles. The minimum absolute atomic E-state index is 0.176. The zero-order valence-electron chi connectivity index (χ0n) is 26.9. The number of allylic oxidation sites excluding steroid dienone is 7. The first kappa shape index (κ1) is 37.2. The van der Waals surface area contributed by atoms with Gasteiger partial charge in [-0.1, -0.05) is 113 Å². The van der Waals surface area contributed by atoms with Crippen LogP contribution in [-0.4, -0.2) is 13.2 Å². The van der Waals surface area contributed by atoms with Gasteiger partial charge >= 0.3 is 0 Å². The monoisotopic (exact) mass is 607 g/mol. The molecule has 0 spiro atoms. The summed E-state index contributed by atoms with van der Waals surface area (Å²) in [6.45, 7) is 29.5. The average molecular weight is 609 g/mol. The molecule has 0 aromatic heterocycles. The lowest BCUT2D eigenvalue weighted by atomic mass is 9.89. The molecule has 0 saturated heterocycles. The van der Waals surface area contributed by atoms with Crippen molar-refractivity contribution in [2.45, 2.75) is 80.2 Å². The van der Waals surface area contributed by atoms with Crippen LogP contribution in [0, 0.1) is 6.92 Å². The molecule has 0 bridgehead atoms. The normalized spacial score (nSPS) is 13.0. The molecule has 2 rings (SSSR count). The first-order valence-electron chi connectivity index (χ1n) is 15.0. The predicted octanol–water partition coefficient (Wildman–Crippen LogP) is 12.2. The number of hydrogen-bond acceptors (Lipinski definition) is 2. The number of ether oxygens (including phenoxy) is 1. The summed E-state index contributed by atoms with van der Waals surface area (Å²) >= 11 is 12.5. The van der Waals surface area contributed by atoms with Crippen molar-refractivity contribution >= 4 is 28.8 Å². The number of aryl methyl sites for hydroxylation is 1. The summed E-state index contributed by atoms with van der Waals surface area (Å²) in [4.78, 5) is 0. The van der Waals surface area contributed by atoms with Crippen molar-refractivity contribution in [1.82, 2.24) is 5.32 Å². The van der Waals surface area contributed by atoms with E-state index in [0.717, 1.165) is 78.0 Å². The number of rotatable bonds is 15. The van der Waals surface area contributed by atoms with E-state index < -0.39 is 0 Å². The van der Waals surface area contributed by atoms with Crippen molar-refractivity contribution in [1.29, 1.82) is 0 Å². The first-order valence-corrected chi connectivity index (χ1v) is 15.7. The maximum Gasteiger partial charge on any atom is 0.0516 e. The van der Waals surface area contributed by atoms with Crippen LogP contribution in [0.15, 0.2) is 108 Å². The molecule has 0 amide bonds. The van der Waals surface area contributed by atoms with Crippen LogP contribution < -0.4 is 5.32 Å². The quantitative estimate of drug-likeness (QED) is 0.160. The molecule has 1 N–H and O–H groups in total. The minimum Gasteiger partial charge on any atom is -0.381 e. The average Bonchev–Trinajstić information content (AvgIpc) is 2.95. The van der Waals surface area contributed by atoms with Gasteiger partial charge in [0, 0.05) is 29.0 Å². The second-order valence-corrected chi connectivity index (χ2v) is 11.2. The van der Waals surface area contributed by atoms with E-state index in [4.69, 9.17) is 27.9 Å². The van der Waals surface area contributed by atoms with Gasteiger partial charge in [-0.05, 0) is 110 Å². The second-order valence-electron chi connectivity index (χ2n) is 10.4. The largest absolute Gasteiger partial charge is 0.381 e. The SMILES string of the molecule is C=C\C(C(=C)NC(CCC)c1ccccc1C)=C(C)/C(/C=C\C)=C(\C)C(=C)c1cc(Cl)cc(Cl)c1.CCCOCCC. The molecule has 0 saturated carbocycles. The van der Waals surface area contributed by atoms with Crippen LogP contribution in [0.25, 0.3) is 5.57 Å². The van der Waals surface area contributed by atoms with Crippen LogP contribution in [0.2, 0.25) is 10.0 Å². The Morgan fingerprint density at radius 3 is 2.00 bits per heavy atom. The van der Waals surface area contributed by atoms with Crippen LogP contribution >= 0.6 is 23.2 Å². The smallest absolute Gasteiger partial charge is 0.0516 e. The van der Waals surface area contributed by atoms with Gasteiger partial charge in [-0.2, -0.15) is 0 Å². The van der Waals surface area contributed by atoms with E-state index >= 15 is 0 Å². The summed E-state index contributed by atoms with van der Waals surface area (Å²) in [5.41, 5.74) is 9.33. The van der Waals surface area contributed by atoms with E-state index in [-0.39, 0.29) is 6.04 Å². The number of halogens is 2. The highest BCUT2D eigenvalue weighted by molar-refractivity contribution is 6.34. The fourth-order valence-electron chi connectivity index (χ4n) is 4.70. The van der Waals surface area contributed by atoms with Gasteiger partial charge < -0.3 is 10.1 Å². The number of nitrogens with one attached hydrogen (secondary N) is 1. The summed E-state index contributed by atoms with van der Waals surface area (Å²) in [5, 5.41) is 4.86. The maximum absolute atomic E-state index is 6.25. The van der Waals surface area contributed by atoms with Crippen molar-refractivity contribution in [3.05, 3.63) is 135 Å². The molecule has 2 aromatic rings. The van der Waals surface area contributed by atoms with Gasteiger partial charge in [0.05, 0.1) is 6.04 Å². The van der Waals surface area contributed by atoms with Gasteiger partial charge in [0.2, 0.25) is 0 Å². The summed E-state index contributed by atoms with van der Waals surface area (Å²) in [6.07, 6.45) is 10.4. The molecular formula is C38H51Cl2NO. The molecule has 2 aromatic carbocycles. The van der Waals surface area contributed by atoms with Crippen LogP contribution in [0.3, 0.4) is 0 Å². The second kappa shape index (κ2) is 20.2. The van der Waals surface area contributed by atoms with Crippen LogP contribution in [-0.2, 0) is 4.74 Å². The van der Waals surface area contributed by atoms with Crippen LogP contribution in [0.4, 0.5) is 0 Å². The Balaban J connectivity index is 0.00000112. The van der Waals surface area contributed by atoms with E-state index in [9.17, 15) is 0 Å². The van der Waals surface area contributed by atoms with Crippen molar-refractivity contribution in [3.8, 4) is 0 Å². The van der Waals surface area contributed by atoms with Crippen molar-refractivity contribution in [2.24, 2.45) is 0 Å². The third-order valence-electron chi connectivity index (χ3n) is 6.92. The van der Waals surface area contributed by atoms with E-state index in [1.54, 1.807) is 6.07 Å². The molecule has 0 aliphatic rings. The van der Waals surface area contributed by atoms with E-state index in [0.29, 0.717) is 10.0 Å². The lowest BCUT2D eigenvalue weighted by Crippen LogP contribution is -2.22. The first-order chi connectivity index (χ1) is 20.1. The molecule has 0 aliphatic carbocycles. The third-order valence-corrected chi connectivity index (χ3v) is 7.36. The number of hydrogen-bond donors (Lipinski definition) is 1. The molecular weight excluding hydrogens is 557 g/mol. The van der Waals surface area contributed by atoms with Gasteiger partial charge in [0.1, 0.15) is 0 Å². The summed E-state index contributed by atoms with van der Waals surface area (Å²) in [6, 6.07) is 14.2. The highest BCUT2D eigenvalue weighted by Crippen LogP contribution is 2.33. The standard InChI is InChI=1S/C32H37Cl2N.C6H14O/c1-9-14-31(23(6)22(5)26-18-27(33)20-28(34)19-26)24(7)29(11-3)25(8)35-32(15-10-2)30-17-13-12-16-21(30)4;1-3-5-7-6-4-2/h9,11-14,16-20,32,35H,3,5,8,10,15H2,1-2,4,6-7H3;3-6H2,1-2H3/b14-9-,29-24+,31-23+;. The topological polar surface area (TPSA) is 21.3 Å². The maximum atomic E-state index is 6.25. The highest BCUT2D eigenvalue weighted by atomic mass is 35.5. The molecule has 2 nitrogen and oxygen atoms in total. The lowest BCUT2D eigenvalue weighted by Gasteiger charge is -2.25. The van der Waals surface area contributed by atoms with Gasteiger partial charge in [0.15, 0.2) is 0 Å². The fourth-order valence-corrected chi connectivity index (χ4v) is 5.23. The van der Waals surface area contributed by atoms with E-state index in [1.807, 2.05) is 31.2 Å². The molecule has 228 valence electrons. The Morgan fingerprint density at radius 1 is 0.905 bits per heavy atom. The molecule has 0 fully saturated rings. The number of benzene rings is 2. The fraction of sp³-hybridized carbons (Fsp3) is 0.368. The van der Waals surface area contributed by atoms with E-state index in [2.05, 4.69) is 96.9 Å². The Hall–Kier alpha value is -2.78. The Morgan fingerprint density at radius 2 is 1.50 bits per heavy atom. The Labute approximate surface area is 266 Å². The Kier molecular flexibility index (Phi) is 17.9. The van der Waals surface area contributed by atoms with Crippen LogP contribution in [0.1, 0.15) is 90.0 Å². The zero-order valence-corrected chi connectivity index (χ0v) is 28.4. The zero-order chi connectivity index (χ0) is 31.7. The van der Waals surface area contributed by atoms with Gasteiger partial charge in [-0.25, -0.2) is 0 Å². The molecule has 0 radical (unpaired) electrons. The summed E-state index contributed by atoms with van der Waals surface area (Å²) < 4.78 is 5.13. The summed E-state index contributed by atoms with van der Waals surface area (Å²) in [5.74, 6) is 0. The molecule has 1 atom stereocenters. The Bertz CT molecular complexity index is 1260. The van der Waals surface area contributed by atoms with Gasteiger partial charge in [-0.3, -0.25) is 0 Å². The van der Waals surface area contributed by atoms with E-state index in [1.165, 1.54) is 11.1 Å². The highest BCUT2D eigenvalue weighted by Gasteiger charge is 2.17. The van der Waals surface area contributed by atoms with Crippen molar-refractivity contribution < 1.29 is 4.74 Å². The molecule has 0 aliphatic heterocycles. The third kappa shape index (κ3) is 11.8. The van der Waals surface area contributed by atoms with Gasteiger partial charge in [-0.15, -0.1) is 0 Å². The van der Waals surface area contributed by atoms with Crippen molar-refractivity contribution in [3.63, 3.8) is 0 Å². The predicted molar refractivity (Wildman–Crippen MR) is 188 cm³/mol. The molecule has 1 unspecified atom stereocenters. The summed E-state index contributed by atoms with van der Waals surface area (Å²) in [7, 11) is 0. The van der Waals surface area contributed by atoms with Crippen molar-refractivity contribution in [2.75, 3.05) is 13.2 Å². The minimum atomic E-state index is 0.176. The molecule has 42 heavy (non-hydrogen) atoms. The lowest BCUT2D eigenvalue weighted by molar-refractivity contribution is 0.135. The van der Waals surface area contributed by atoms with Gasteiger partial charge in [0.25, 0.3) is 0 Å².